The smallest absolute Gasteiger partial charge is 0.262 e. The Hall–Kier alpha value is -3.04. The Morgan fingerprint density at radius 2 is 1.52 bits per heavy atom. The molecule has 3 rings (SSSR count). The lowest BCUT2D eigenvalue weighted by atomic mass is 10.1. The van der Waals surface area contributed by atoms with Gasteiger partial charge in [0.05, 0.1) is 16.0 Å². The van der Waals surface area contributed by atoms with Gasteiger partial charge < -0.3 is 5.32 Å². The molecular formula is C18H17N3O5S. The predicted molar refractivity (Wildman–Crippen MR) is 97.7 cm³/mol. The molecule has 8 nitrogen and oxygen atoms in total. The summed E-state index contributed by atoms with van der Waals surface area (Å²) in [5.41, 5.74) is 0.897. The van der Waals surface area contributed by atoms with Gasteiger partial charge in [0.15, 0.2) is 0 Å². The number of hydrogen-bond acceptors (Lipinski definition) is 5. The van der Waals surface area contributed by atoms with Crippen LogP contribution < -0.4 is 10.0 Å². The van der Waals surface area contributed by atoms with Crippen LogP contribution in [0.3, 0.4) is 0 Å². The Morgan fingerprint density at radius 1 is 0.963 bits per heavy atom. The number of fused-ring (bicyclic) bond motifs is 1. The predicted octanol–water partition coefficient (Wildman–Crippen LogP) is 1.22. The van der Waals surface area contributed by atoms with Crippen molar-refractivity contribution in [3.05, 3.63) is 59.7 Å². The van der Waals surface area contributed by atoms with Gasteiger partial charge in [-0.3, -0.25) is 19.3 Å². The largest absolute Gasteiger partial charge is 0.325 e. The van der Waals surface area contributed by atoms with Crippen molar-refractivity contribution in [2.75, 3.05) is 18.4 Å². The topological polar surface area (TPSA) is 113 Å². The Kier molecular flexibility index (Phi) is 5.06. The molecule has 0 bridgehead atoms. The molecule has 0 aromatic heterocycles. The molecule has 0 unspecified atom stereocenters. The zero-order valence-corrected chi connectivity index (χ0v) is 15.2. The first-order valence-electron chi connectivity index (χ1n) is 8.18. The Labute approximate surface area is 156 Å². The van der Waals surface area contributed by atoms with E-state index in [4.69, 9.17) is 0 Å². The van der Waals surface area contributed by atoms with Gasteiger partial charge in [0, 0.05) is 12.2 Å². The second-order valence-electron chi connectivity index (χ2n) is 5.82. The van der Waals surface area contributed by atoms with Gasteiger partial charge in [-0.05, 0) is 36.4 Å². The average Bonchev–Trinajstić information content (AvgIpc) is 2.87. The average molecular weight is 387 g/mol. The van der Waals surface area contributed by atoms with Crippen molar-refractivity contribution in [2.45, 2.75) is 11.8 Å². The van der Waals surface area contributed by atoms with Gasteiger partial charge in [-0.1, -0.05) is 19.1 Å². The monoisotopic (exact) mass is 387 g/mol. The summed E-state index contributed by atoms with van der Waals surface area (Å²) in [6.07, 6.45) is 0. The highest BCUT2D eigenvalue weighted by molar-refractivity contribution is 7.89. The fourth-order valence-electron chi connectivity index (χ4n) is 2.72. The van der Waals surface area contributed by atoms with E-state index in [1.54, 1.807) is 19.1 Å². The second-order valence-corrected chi connectivity index (χ2v) is 7.58. The van der Waals surface area contributed by atoms with Crippen LogP contribution in [0, 0.1) is 0 Å². The number of amides is 3. The quantitative estimate of drug-likeness (QED) is 0.724. The Morgan fingerprint density at radius 3 is 2.04 bits per heavy atom. The minimum absolute atomic E-state index is 0.0719. The first-order chi connectivity index (χ1) is 12.8. The SMILES string of the molecule is CCNS(=O)(=O)c1ccc(NC(=O)CN2C(=O)c3ccccc3C2=O)cc1. The standard InChI is InChI=1S/C18H17N3O5S/c1-2-19-27(25,26)13-9-7-12(8-10-13)20-16(22)11-21-17(23)14-5-3-4-6-15(14)18(21)24/h3-10,19H,2,11H2,1H3,(H,20,22). The van der Waals surface area contributed by atoms with Crippen LogP contribution in [0.25, 0.3) is 0 Å². The molecule has 0 saturated heterocycles. The third-order valence-corrected chi connectivity index (χ3v) is 5.52. The van der Waals surface area contributed by atoms with Gasteiger partial charge in [-0.15, -0.1) is 0 Å². The zero-order chi connectivity index (χ0) is 19.6. The summed E-state index contributed by atoms with van der Waals surface area (Å²) in [6, 6.07) is 12.0. The summed E-state index contributed by atoms with van der Waals surface area (Å²) in [4.78, 5) is 37.7. The zero-order valence-electron chi connectivity index (χ0n) is 14.4. The molecule has 0 aliphatic carbocycles. The lowest BCUT2D eigenvalue weighted by Gasteiger charge is -2.14. The number of carbonyl (C=O) groups is 3. The molecular weight excluding hydrogens is 370 g/mol. The normalized spacial score (nSPS) is 13.6. The Balaban J connectivity index is 1.67. The third-order valence-electron chi connectivity index (χ3n) is 3.96. The molecule has 1 aliphatic rings. The molecule has 0 spiro atoms. The van der Waals surface area contributed by atoms with E-state index >= 15 is 0 Å². The first kappa shape index (κ1) is 18.7. The van der Waals surface area contributed by atoms with Crippen LogP contribution in [0.15, 0.2) is 53.4 Å². The van der Waals surface area contributed by atoms with Crippen LogP contribution in [-0.2, 0) is 14.8 Å². The molecule has 0 atom stereocenters. The van der Waals surface area contributed by atoms with E-state index in [0.29, 0.717) is 5.69 Å². The van der Waals surface area contributed by atoms with Crippen LogP contribution in [0.2, 0.25) is 0 Å². The molecule has 9 heteroatoms. The molecule has 27 heavy (non-hydrogen) atoms. The minimum Gasteiger partial charge on any atom is -0.325 e. The minimum atomic E-state index is -3.58. The van der Waals surface area contributed by atoms with Gasteiger partial charge in [0.2, 0.25) is 15.9 Å². The number of nitrogens with zero attached hydrogens (tertiary/aromatic N) is 1. The van der Waals surface area contributed by atoms with Gasteiger partial charge in [-0.2, -0.15) is 0 Å². The van der Waals surface area contributed by atoms with Crippen LogP contribution in [0.4, 0.5) is 5.69 Å². The van der Waals surface area contributed by atoms with Crippen molar-refractivity contribution in [1.29, 1.82) is 0 Å². The van der Waals surface area contributed by atoms with Crippen molar-refractivity contribution < 1.29 is 22.8 Å². The highest BCUT2D eigenvalue weighted by Crippen LogP contribution is 2.22. The summed E-state index contributed by atoms with van der Waals surface area (Å²) >= 11 is 0. The number of sulfonamides is 1. The van der Waals surface area contributed by atoms with Crippen LogP contribution in [0.1, 0.15) is 27.6 Å². The maximum absolute atomic E-state index is 12.3. The molecule has 2 N–H and O–H groups in total. The van der Waals surface area contributed by atoms with Crippen molar-refractivity contribution in [3.63, 3.8) is 0 Å². The summed E-state index contributed by atoms with van der Waals surface area (Å²) in [5.74, 6) is -1.59. The van der Waals surface area contributed by atoms with Gasteiger partial charge in [-0.25, -0.2) is 13.1 Å². The molecule has 1 aliphatic heterocycles. The number of carbonyl (C=O) groups excluding carboxylic acids is 3. The molecule has 140 valence electrons. The highest BCUT2D eigenvalue weighted by Gasteiger charge is 2.36. The van der Waals surface area contributed by atoms with Crippen molar-refractivity contribution in [2.24, 2.45) is 0 Å². The van der Waals surface area contributed by atoms with Crippen molar-refractivity contribution in [1.82, 2.24) is 9.62 Å². The first-order valence-corrected chi connectivity index (χ1v) is 9.66. The van der Waals surface area contributed by atoms with E-state index in [1.807, 2.05) is 0 Å². The molecule has 2 aromatic rings. The number of hydrogen-bond donors (Lipinski definition) is 2. The van der Waals surface area contributed by atoms with E-state index in [1.165, 1.54) is 36.4 Å². The summed E-state index contributed by atoms with van der Waals surface area (Å²) in [6.45, 7) is 1.51. The van der Waals surface area contributed by atoms with Crippen LogP contribution in [-0.4, -0.2) is 44.1 Å². The van der Waals surface area contributed by atoms with E-state index in [2.05, 4.69) is 10.0 Å². The van der Waals surface area contributed by atoms with Crippen molar-refractivity contribution >= 4 is 33.4 Å². The van der Waals surface area contributed by atoms with E-state index in [9.17, 15) is 22.8 Å². The van der Waals surface area contributed by atoms with Gasteiger partial charge in [0.25, 0.3) is 11.8 Å². The fraction of sp³-hybridized carbons (Fsp3) is 0.167. The van der Waals surface area contributed by atoms with Gasteiger partial charge >= 0.3 is 0 Å². The van der Waals surface area contributed by atoms with Gasteiger partial charge in [0.1, 0.15) is 6.54 Å². The van der Waals surface area contributed by atoms with Crippen LogP contribution in [0.5, 0.6) is 0 Å². The molecule has 0 radical (unpaired) electrons. The third kappa shape index (κ3) is 3.74. The summed E-state index contributed by atoms with van der Waals surface area (Å²) in [5, 5.41) is 2.55. The maximum atomic E-state index is 12.3. The number of benzene rings is 2. The molecule has 0 fully saturated rings. The molecule has 1 heterocycles. The fourth-order valence-corrected chi connectivity index (χ4v) is 3.76. The maximum Gasteiger partial charge on any atom is 0.262 e. The second kappa shape index (κ2) is 7.29. The number of rotatable bonds is 6. The Bertz CT molecular complexity index is 981. The summed E-state index contributed by atoms with van der Waals surface area (Å²) < 4.78 is 26.2. The molecule has 0 saturated carbocycles. The van der Waals surface area contributed by atoms with Crippen molar-refractivity contribution in [3.8, 4) is 0 Å². The van der Waals surface area contributed by atoms with E-state index in [0.717, 1.165) is 4.90 Å². The molecule has 3 amide bonds. The van der Waals surface area contributed by atoms with E-state index in [-0.39, 0.29) is 22.6 Å². The van der Waals surface area contributed by atoms with Crippen LogP contribution >= 0.6 is 0 Å². The lowest BCUT2D eigenvalue weighted by molar-refractivity contribution is -0.116. The molecule has 2 aromatic carbocycles. The lowest BCUT2D eigenvalue weighted by Crippen LogP contribution is -2.37. The number of anilines is 1. The number of imide groups is 1. The number of nitrogens with one attached hydrogen (secondary N) is 2. The summed E-state index contributed by atoms with van der Waals surface area (Å²) in [7, 11) is -3.58. The highest BCUT2D eigenvalue weighted by atomic mass is 32.2. The van der Waals surface area contributed by atoms with E-state index < -0.39 is 34.3 Å².